The van der Waals surface area contributed by atoms with Crippen LogP contribution in [0.3, 0.4) is 0 Å². The Morgan fingerprint density at radius 2 is 1.68 bits per heavy atom. The van der Waals surface area contributed by atoms with E-state index in [0.717, 1.165) is 4.90 Å². The summed E-state index contributed by atoms with van der Waals surface area (Å²) in [6, 6.07) is -1.46. The van der Waals surface area contributed by atoms with Crippen LogP contribution in [0.2, 0.25) is 0 Å². The molecule has 0 heterocycles. The van der Waals surface area contributed by atoms with Crippen molar-refractivity contribution in [3.63, 3.8) is 0 Å². The normalized spacial score (nSPS) is 13.3. The first-order chi connectivity index (χ1) is 8.45. The number of alkyl halides is 3. The minimum Gasteiger partial charge on any atom is -0.481 e. The van der Waals surface area contributed by atoms with Crippen molar-refractivity contribution in [2.45, 2.75) is 33.0 Å². The molecule has 0 aliphatic carbocycles. The topological polar surface area (TPSA) is 60.9 Å². The zero-order chi connectivity index (χ0) is 15.4. The van der Waals surface area contributed by atoms with Crippen molar-refractivity contribution < 1.29 is 27.9 Å². The monoisotopic (exact) mass is 284 g/mol. The van der Waals surface area contributed by atoms with Crippen molar-refractivity contribution in [2.24, 2.45) is 5.92 Å². The van der Waals surface area contributed by atoms with Crippen LogP contribution in [-0.2, 0) is 4.79 Å². The number of rotatable bonds is 5. The smallest absolute Gasteiger partial charge is 0.406 e. The largest absolute Gasteiger partial charge is 0.481 e. The van der Waals surface area contributed by atoms with E-state index in [1.807, 2.05) is 0 Å². The van der Waals surface area contributed by atoms with Crippen molar-refractivity contribution in [3.05, 3.63) is 0 Å². The van der Waals surface area contributed by atoms with Crippen molar-refractivity contribution in [2.75, 3.05) is 20.1 Å². The van der Waals surface area contributed by atoms with E-state index in [0.29, 0.717) is 4.90 Å². The number of halogens is 3. The molecule has 0 bridgehead atoms. The SMILES string of the molecule is CC(CN(C)C(=O)N(CC(F)(F)F)C(C)C)C(=O)O. The van der Waals surface area contributed by atoms with Crippen LogP contribution in [0.4, 0.5) is 18.0 Å². The lowest BCUT2D eigenvalue weighted by Crippen LogP contribution is -2.50. The Morgan fingerprint density at radius 3 is 2.00 bits per heavy atom. The summed E-state index contributed by atoms with van der Waals surface area (Å²) in [5, 5.41) is 8.72. The van der Waals surface area contributed by atoms with Crippen LogP contribution in [0.1, 0.15) is 20.8 Å². The number of urea groups is 1. The predicted octanol–water partition coefficient (Wildman–Crippen LogP) is 2.03. The van der Waals surface area contributed by atoms with E-state index < -0.39 is 36.7 Å². The van der Waals surface area contributed by atoms with Crippen LogP contribution < -0.4 is 0 Å². The Labute approximate surface area is 110 Å². The zero-order valence-electron chi connectivity index (χ0n) is 11.4. The Morgan fingerprint density at radius 1 is 1.21 bits per heavy atom. The summed E-state index contributed by atoms with van der Waals surface area (Å²) in [4.78, 5) is 24.2. The summed E-state index contributed by atoms with van der Waals surface area (Å²) in [7, 11) is 1.29. The minimum absolute atomic E-state index is 0.144. The van der Waals surface area contributed by atoms with Crippen LogP contribution in [0.25, 0.3) is 0 Å². The highest BCUT2D eigenvalue weighted by atomic mass is 19.4. The molecule has 0 aliphatic rings. The molecule has 0 saturated heterocycles. The Bertz CT molecular complexity index is 332. The quantitative estimate of drug-likeness (QED) is 0.840. The lowest BCUT2D eigenvalue weighted by Gasteiger charge is -2.32. The zero-order valence-corrected chi connectivity index (χ0v) is 11.4. The van der Waals surface area contributed by atoms with Crippen LogP contribution in [0, 0.1) is 5.92 Å². The third-order valence-electron chi connectivity index (χ3n) is 2.51. The second-order valence-electron chi connectivity index (χ2n) is 4.74. The van der Waals surface area contributed by atoms with Gasteiger partial charge in [-0.15, -0.1) is 0 Å². The Hall–Kier alpha value is -1.47. The van der Waals surface area contributed by atoms with Gasteiger partial charge in [-0.05, 0) is 13.8 Å². The van der Waals surface area contributed by atoms with Gasteiger partial charge in [0.1, 0.15) is 6.54 Å². The van der Waals surface area contributed by atoms with E-state index >= 15 is 0 Å². The molecule has 2 amide bonds. The van der Waals surface area contributed by atoms with Crippen molar-refractivity contribution in [1.82, 2.24) is 9.80 Å². The highest BCUT2D eigenvalue weighted by molar-refractivity contribution is 5.76. The molecule has 0 fully saturated rings. The maximum Gasteiger partial charge on any atom is 0.406 e. The van der Waals surface area contributed by atoms with E-state index in [9.17, 15) is 22.8 Å². The number of nitrogens with zero attached hydrogens (tertiary/aromatic N) is 2. The van der Waals surface area contributed by atoms with Gasteiger partial charge in [0.25, 0.3) is 0 Å². The number of hydrogen-bond acceptors (Lipinski definition) is 2. The maximum atomic E-state index is 12.4. The summed E-state index contributed by atoms with van der Waals surface area (Å²) in [5.74, 6) is -1.94. The Balaban J connectivity index is 4.76. The third kappa shape index (κ3) is 6.30. The number of carboxylic acid groups (broad SMARTS) is 1. The molecule has 5 nitrogen and oxygen atoms in total. The molecule has 1 N–H and O–H groups in total. The summed E-state index contributed by atoms with van der Waals surface area (Å²) >= 11 is 0. The molecule has 112 valence electrons. The van der Waals surface area contributed by atoms with Gasteiger partial charge >= 0.3 is 18.2 Å². The minimum atomic E-state index is -4.49. The number of amides is 2. The molecule has 0 spiro atoms. The first kappa shape index (κ1) is 17.5. The average Bonchev–Trinajstić information content (AvgIpc) is 2.22. The number of hydrogen-bond donors (Lipinski definition) is 1. The van der Waals surface area contributed by atoms with Gasteiger partial charge in [-0.1, -0.05) is 6.92 Å². The molecule has 19 heavy (non-hydrogen) atoms. The van der Waals surface area contributed by atoms with Gasteiger partial charge in [0.2, 0.25) is 0 Å². The highest BCUT2D eigenvalue weighted by Gasteiger charge is 2.35. The van der Waals surface area contributed by atoms with Crippen LogP contribution >= 0.6 is 0 Å². The standard InChI is InChI=1S/C11H19F3N2O3/c1-7(2)16(6-11(12,13)14)10(19)15(4)5-8(3)9(17)18/h7-8H,5-6H2,1-4H3,(H,17,18). The van der Waals surface area contributed by atoms with E-state index in [4.69, 9.17) is 5.11 Å². The fourth-order valence-electron chi connectivity index (χ4n) is 1.45. The Kier molecular flexibility index (Phi) is 6.11. The second kappa shape index (κ2) is 6.63. The van der Waals surface area contributed by atoms with E-state index in [2.05, 4.69) is 0 Å². The second-order valence-corrected chi connectivity index (χ2v) is 4.74. The van der Waals surface area contributed by atoms with Crippen molar-refractivity contribution in [1.29, 1.82) is 0 Å². The first-order valence-corrected chi connectivity index (χ1v) is 5.77. The molecule has 0 aromatic heterocycles. The molecular weight excluding hydrogens is 265 g/mol. The molecule has 1 unspecified atom stereocenters. The first-order valence-electron chi connectivity index (χ1n) is 5.77. The van der Waals surface area contributed by atoms with Crippen LogP contribution in [0.5, 0.6) is 0 Å². The van der Waals surface area contributed by atoms with Gasteiger partial charge in [0.05, 0.1) is 5.92 Å². The molecule has 0 aromatic carbocycles. The molecule has 0 aromatic rings. The van der Waals surface area contributed by atoms with Crippen molar-refractivity contribution >= 4 is 12.0 Å². The molecular formula is C11H19F3N2O3. The lowest BCUT2D eigenvalue weighted by atomic mass is 10.2. The fourth-order valence-corrected chi connectivity index (χ4v) is 1.45. The van der Waals surface area contributed by atoms with Gasteiger partial charge in [-0.25, -0.2) is 4.79 Å². The molecule has 0 aliphatic heterocycles. The molecule has 8 heteroatoms. The fraction of sp³-hybridized carbons (Fsp3) is 0.818. The summed E-state index contributed by atoms with van der Waals surface area (Å²) in [5.41, 5.74) is 0. The van der Waals surface area contributed by atoms with E-state index in [-0.39, 0.29) is 6.54 Å². The van der Waals surface area contributed by atoms with E-state index in [1.165, 1.54) is 27.8 Å². The summed E-state index contributed by atoms with van der Waals surface area (Å²) in [6.07, 6.45) is -4.49. The van der Waals surface area contributed by atoms with Gasteiger partial charge in [0.15, 0.2) is 0 Å². The molecule has 0 rings (SSSR count). The summed E-state index contributed by atoms with van der Waals surface area (Å²) in [6.45, 7) is 2.83. The van der Waals surface area contributed by atoms with Gasteiger partial charge in [-0.3, -0.25) is 4.79 Å². The van der Waals surface area contributed by atoms with Gasteiger partial charge < -0.3 is 14.9 Å². The average molecular weight is 284 g/mol. The van der Waals surface area contributed by atoms with Gasteiger partial charge in [0, 0.05) is 19.6 Å². The number of carboxylic acids is 1. The summed E-state index contributed by atoms with van der Waals surface area (Å²) < 4.78 is 37.1. The number of aliphatic carboxylic acids is 1. The van der Waals surface area contributed by atoms with Crippen molar-refractivity contribution in [3.8, 4) is 0 Å². The number of carbonyl (C=O) groups is 2. The van der Waals surface area contributed by atoms with Gasteiger partial charge in [-0.2, -0.15) is 13.2 Å². The molecule has 1 atom stereocenters. The highest BCUT2D eigenvalue weighted by Crippen LogP contribution is 2.19. The van der Waals surface area contributed by atoms with Crippen LogP contribution in [0.15, 0.2) is 0 Å². The lowest BCUT2D eigenvalue weighted by molar-refractivity contribution is -0.145. The van der Waals surface area contributed by atoms with E-state index in [1.54, 1.807) is 0 Å². The predicted molar refractivity (Wildman–Crippen MR) is 62.7 cm³/mol. The third-order valence-corrected chi connectivity index (χ3v) is 2.51. The molecule has 0 saturated carbocycles. The number of carbonyl (C=O) groups excluding carboxylic acids is 1. The van der Waals surface area contributed by atoms with Crippen LogP contribution in [-0.4, -0.2) is 59.3 Å². The molecule has 0 radical (unpaired) electrons. The maximum absolute atomic E-state index is 12.4.